The molecule has 1 aliphatic heterocycles. The van der Waals surface area contributed by atoms with Gasteiger partial charge in [0.15, 0.2) is 18.1 Å². The van der Waals surface area contributed by atoms with Gasteiger partial charge in [0.1, 0.15) is 0 Å². The number of methoxy groups -OCH3 is 2. The number of hydrogen-bond donors (Lipinski definition) is 1. The topological polar surface area (TPSA) is 111 Å². The number of ether oxygens (including phenoxy) is 3. The number of nitrogens with zero attached hydrogens (tertiary/aromatic N) is 1. The summed E-state index contributed by atoms with van der Waals surface area (Å²) in [7, 11) is 2.99. The van der Waals surface area contributed by atoms with Crippen LogP contribution in [-0.4, -0.2) is 56.0 Å². The summed E-state index contributed by atoms with van der Waals surface area (Å²) in [5.41, 5.74) is 0.463. The number of imide groups is 1. The average molecular weight is 418 g/mol. The number of carbonyl (C=O) groups excluding carboxylic acids is 4. The van der Waals surface area contributed by atoms with Gasteiger partial charge in [-0.3, -0.25) is 24.1 Å². The van der Waals surface area contributed by atoms with Crippen LogP contribution in [0.1, 0.15) is 32.1 Å². The standard InChI is InChI=1S/C21H26N2O7/c1-28-16-8-7-13(11-17(16)29-2)22-18(24)12-30-19(25)9-10-23-20(26)14-5-3-4-6-15(14)21(23)27/h7-8,11,14-15H,3-6,9-10,12H2,1-2H3,(H,22,24)/t14-,15-/m1/s1. The molecule has 2 fully saturated rings. The summed E-state index contributed by atoms with van der Waals surface area (Å²) in [4.78, 5) is 50.0. The van der Waals surface area contributed by atoms with Gasteiger partial charge in [0, 0.05) is 18.3 Å². The first-order chi connectivity index (χ1) is 14.4. The van der Waals surface area contributed by atoms with Crippen LogP contribution in [0, 0.1) is 11.8 Å². The second-order valence-electron chi connectivity index (χ2n) is 7.35. The van der Waals surface area contributed by atoms with E-state index in [1.54, 1.807) is 18.2 Å². The Labute approximate surface area is 174 Å². The molecular formula is C21H26N2O7. The fourth-order valence-corrected chi connectivity index (χ4v) is 3.98. The Balaban J connectivity index is 1.44. The molecule has 1 saturated carbocycles. The van der Waals surface area contributed by atoms with Crippen molar-refractivity contribution >= 4 is 29.4 Å². The second kappa shape index (κ2) is 9.60. The van der Waals surface area contributed by atoms with Crippen molar-refractivity contribution in [3.63, 3.8) is 0 Å². The zero-order valence-corrected chi connectivity index (χ0v) is 17.1. The van der Waals surface area contributed by atoms with Gasteiger partial charge in [0.05, 0.1) is 32.5 Å². The van der Waals surface area contributed by atoms with Gasteiger partial charge in [-0.25, -0.2) is 0 Å². The zero-order valence-electron chi connectivity index (χ0n) is 17.1. The Morgan fingerprint density at radius 3 is 2.27 bits per heavy atom. The third-order valence-electron chi connectivity index (χ3n) is 5.50. The molecule has 0 bridgehead atoms. The minimum Gasteiger partial charge on any atom is -0.493 e. The van der Waals surface area contributed by atoms with Crippen molar-refractivity contribution in [1.82, 2.24) is 4.90 Å². The highest BCUT2D eigenvalue weighted by Gasteiger charge is 2.47. The van der Waals surface area contributed by atoms with Gasteiger partial charge in [-0.05, 0) is 25.0 Å². The van der Waals surface area contributed by atoms with E-state index in [9.17, 15) is 19.2 Å². The van der Waals surface area contributed by atoms with Crippen molar-refractivity contribution in [2.45, 2.75) is 32.1 Å². The van der Waals surface area contributed by atoms with E-state index in [4.69, 9.17) is 14.2 Å². The van der Waals surface area contributed by atoms with E-state index in [1.807, 2.05) is 0 Å². The first kappa shape index (κ1) is 21.6. The Bertz CT molecular complexity index is 815. The molecule has 1 aromatic rings. The highest BCUT2D eigenvalue weighted by Crippen LogP contribution is 2.38. The van der Waals surface area contributed by atoms with Gasteiger partial charge < -0.3 is 19.5 Å². The Morgan fingerprint density at radius 1 is 1.03 bits per heavy atom. The van der Waals surface area contributed by atoms with Crippen LogP contribution in [0.4, 0.5) is 5.69 Å². The molecule has 2 aliphatic rings. The molecule has 2 atom stereocenters. The molecule has 9 nitrogen and oxygen atoms in total. The molecule has 30 heavy (non-hydrogen) atoms. The van der Waals surface area contributed by atoms with Crippen LogP contribution in [0.5, 0.6) is 11.5 Å². The third kappa shape index (κ3) is 4.72. The van der Waals surface area contributed by atoms with Crippen LogP contribution in [0.25, 0.3) is 0 Å². The molecule has 1 aromatic carbocycles. The molecule has 3 rings (SSSR count). The number of amides is 3. The van der Waals surface area contributed by atoms with Crippen molar-refractivity contribution in [2.75, 3.05) is 32.7 Å². The van der Waals surface area contributed by atoms with Crippen LogP contribution in [0.2, 0.25) is 0 Å². The van der Waals surface area contributed by atoms with Gasteiger partial charge in [0.2, 0.25) is 11.8 Å². The lowest BCUT2D eigenvalue weighted by atomic mass is 9.81. The SMILES string of the molecule is COc1ccc(NC(=O)COC(=O)CCN2C(=O)[C@@H]3CCCC[C@H]3C2=O)cc1OC. The number of esters is 1. The normalized spacial score (nSPS) is 20.5. The predicted octanol–water partition coefficient (Wildman–Crippen LogP) is 1.75. The Morgan fingerprint density at radius 2 is 1.67 bits per heavy atom. The van der Waals surface area contributed by atoms with Crippen LogP contribution >= 0.6 is 0 Å². The zero-order chi connectivity index (χ0) is 21.7. The van der Waals surface area contributed by atoms with Gasteiger partial charge in [0.25, 0.3) is 5.91 Å². The largest absolute Gasteiger partial charge is 0.493 e. The summed E-state index contributed by atoms with van der Waals surface area (Å²) >= 11 is 0. The number of likely N-dealkylation sites (tertiary alicyclic amines) is 1. The van der Waals surface area contributed by atoms with Gasteiger partial charge in [-0.15, -0.1) is 0 Å². The molecule has 0 spiro atoms. The highest BCUT2D eigenvalue weighted by molar-refractivity contribution is 6.05. The fraction of sp³-hybridized carbons (Fsp3) is 0.524. The minimum absolute atomic E-state index is 0.0131. The van der Waals surface area contributed by atoms with Crippen molar-refractivity contribution in [1.29, 1.82) is 0 Å². The minimum atomic E-state index is -0.645. The lowest BCUT2D eigenvalue weighted by molar-refractivity contribution is -0.148. The van der Waals surface area contributed by atoms with Crippen LogP contribution in [0.3, 0.4) is 0 Å². The molecular weight excluding hydrogens is 392 g/mol. The van der Waals surface area contributed by atoms with Gasteiger partial charge in [-0.1, -0.05) is 12.8 Å². The highest BCUT2D eigenvalue weighted by atomic mass is 16.5. The molecule has 1 N–H and O–H groups in total. The van der Waals surface area contributed by atoms with E-state index in [2.05, 4.69) is 5.32 Å². The summed E-state index contributed by atoms with van der Waals surface area (Å²) in [5, 5.41) is 2.60. The smallest absolute Gasteiger partial charge is 0.308 e. The monoisotopic (exact) mass is 418 g/mol. The number of benzene rings is 1. The maximum absolute atomic E-state index is 12.4. The lowest BCUT2D eigenvalue weighted by Crippen LogP contribution is -2.33. The molecule has 0 unspecified atom stereocenters. The van der Waals surface area contributed by atoms with E-state index >= 15 is 0 Å². The second-order valence-corrected chi connectivity index (χ2v) is 7.35. The maximum atomic E-state index is 12.4. The molecule has 1 saturated heterocycles. The maximum Gasteiger partial charge on any atom is 0.308 e. The Kier molecular flexibility index (Phi) is 6.91. The molecule has 3 amide bonds. The van der Waals surface area contributed by atoms with Crippen LogP contribution in [-0.2, 0) is 23.9 Å². The van der Waals surface area contributed by atoms with E-state index < -0.39 is 18.5 Å². The van der Waals surface area contributed by atoms with Crippen molar-refractivity contribution in [2.24, 2.45) is 11.8 Å². The summed E-state index contributed by atoms with van der Waals surface area (Å²) < 4.78 is 15.3. The molecule has 0 radical (unpaired) electrons. The summed E-state index contributed by atoms with van der Waals surface area (Å²) in [6.07, 6.45) is 3.22. The van der Waals surface area contributed by atoms with Gasteiger partial charge >= 0.3 is 5.97 Å². The fourth-order valence-electron chi connectivity index (χ4n) is 3.98. The van der Waals surface area contributed by atoms with Crippen molar-refractivity contribution < 1.29 is 33.4 Å². The molecule has 9 heteroatoms. The van der Waals surface area contributed by atoms with Gasteiger partial charge in [-0.2, -0.15) is 0 Å². The van der Waals surface area contributed by atoms with Crippen LogP contribution in [0.15, 0.2) is 18.2 Å². The number of anilines is 1. The lowest BCUT2D eigenvalue weighted by Gasteiger charge is -2.19. The first-order valence-corrected chi connectivity index (χ1v) is 9.97. The predicted molar refractivity (Wildman–Crippen MR) is 106 cm³/mol. The summed E-state index contributed by atoms with van der Waals surface area (Å²) in [6, 6.07) is 4.86. The molecule has 1 heterocycles. The Hall–Kier alpha value is -3.10. The van der Waals surface area contributed by atoms with E-state index in [0.717, 1.165) is 25.7 Å². The number of nitrogens with one attached hydrogen (secondary N) is 1. The molecule has 162 valence electrons. The summed E-state index contributed by atoms with van der Waals surface area (Å²) in [6.45, 7) is -0.485. The quantitative estimate of drug-likeness (QED) is 0.506. The van der Waals surface area contributed by atoms with E-state index in [1.165, 1.54) is 19.1 Å². The van der Waals surface area contributed by atoms with Crippen molar-refractivity contribution in [3.05, 3.63) is 18.2 Å². The van der Waals surface area contributed by atoms with E-state index in [0.29, 0.717) is 17.2 Å². The van der Waals surface area contributed by atoms with Crippen molar-refractivity contribution in [3.8, 4) is 11.5 Å². The first-order valence-electron chi connectivity index (χ1n) is 9.97. The summed E-state index contributed by atoms with van der Waals surface area (Å²) in [5.74, 6) is -1.06. The average Bonchev–Trinajstić information content (AvgIpc) is 3.00. The molecule has 0 aromatic heterocycles. The van der Waals surface area contributed by atoms with Crippen LogP contribution < -0.4 is 14.8 Å². The third-order valence-corrected chi connectivity index (χ3v) is 5.50. The number of hydrogen-bond acceptors (Lipinski definition) is 7. The van der Waals surface area contributed by atoms with E-state index in [-0.39, 0.29) is 36.6 Å². The number of fused-ring (bicyclic) bond motifs is 1. The number of rotatable bonds is 8. The molecule has 1 aliphatic carbocycles. The number of carbonyl (C=O) groups is 4.